The molecule has 1 N–H and O–H groups in total. The van der Waals surface area contributed by atoms with Crippen molar-refractivity contribution in [3.05, 3.63) is 63.9 Å². The van der Waals surface area contributed by atoms with Crippen molar-refractivity contribution in [3.63, 3.8) is 0 Å². The zero-order valence-electron chi connectivity index (χ0n) is 11.4. The van der Waals surface area contributed by atoms with E-state index in [1.807, 2.05) is 36.5 Å². The van der Waals surface area contributed by atoms with Gasteiger partial charge in [0, 0.05) is 24.4 Å². The van der Waals surface area contributed by atoms with E-state index in [4.69, 9.17) is 23.2 Å². The van der Waals surface area contributed by atoms with E-state index in [-0.39, 0.29) is 0 Å². The summed E-state index contributed by atoms with van der Waals surface area (Å²) >= 11 is 12.0. The third kappa shape index (κ3) is 4.48. The van der Waals surface area contributed by atoms with E-state index < -0.39 is 0 Å². The minimum absolute atomic E-state index is 0.340. The maximum atomic E-state index is 6.07. The number of aromatic nitrogens is 1. The monoisotopic (exact) mass is 308 g/mol. The minimum atomic E-state index is 0.340. The van der Waals surface area contributed by atoms with Crippen molar-refractivity contribution in [1.29, 1.82) is 0 Å². The molecule has 2 nitrogen and oxygen atoms in total. The lowest BCUT2D eigenvalue weighted by atomic mass is 10.0. The number of nitrogens with zero attached hydrogens (tertiary/aromatic N) is 1. The summed E-state index contributed by atoms with van der Waals surface area (Å²) in [5.74, 6) is 0. The first-order chi connectivity index (χ1) is 9.69. The van der Waals surface area contributed by atoms with Crippen molar-refractivity contribution in [2.75, 3.05) is 6.54 Å². The average Bonchev–Trinajstić information content (AvgIpc) is 2.44. The van der Waals surface area contributed by atoms with Crippen LogP contribution in [0, 0.1) is 0 Å². The van der Waals surface area contributed by atoms with E-state index in [0.29, 0.717) is 16.1 Å². The molecule has 0 aliphatic heterocycles. The molecular formula is C16H18Cl2N2. The van der Waals surface area contributed by atoms with Gasteiger partial charge >= 0.3 is 0 Å². The molecule has 4 heteroatoms. The first-order valence-corrected chi connectivity index (χ1v) is 7.52. The van der Waals surface area contributed by atoms with Crippen LogP contribution in [-0.4, -0.2) is 17.6 Å². The summed E-state index contributed by atoms with van der Waals surface area (Å²) in [6.07, 6.45) is 3.63. The van der Waals surface area contributed by atoms with Gasteiger partial charge in [0.25, 0.3) is 0 Å². The van der Waals surface area contributed by atoms with Gasteiger partial charge in [-0.1, -0.05) is 42.3 Å². The maximum Gasteiger partial charge on any atom is 0.0595 e. The Morgan fingerprint density at radius 1 is 1.10 bits per heavy atom. The van der Waals surface area contributed by atoms with Crippen LogP contribution in [0.2, 0.25) is 10.0 Å². The van der Waals surface area contributed by atoms with Crippen molar-refractivity contribution in [1.82, 2.24) is 10.3 Å². The largest absolute Gasteiger partial charge is 0.314 e. The number of hydrogen-bond acceptors (Lipinski definition) is 2. The molecular weight excluding hydrogens is 291 g/mol. The number of halogens is 2. The predicted octanol–water partition coefficient (Wildman–Crippen LogP) is 4.15. The lowest BCUT2D eigenvalue weighted by molar-refractivity contribution is 0.516. The van der Waals surface area contributed by atoms with Gasteiger partial charge in [0.05, 0.1) is 10.0 Å². The fourth-order valence-corrected chi connectivity index (χ4v) is 2.55. The Labute approximate surface area is 130 Å². The zero-order chi connectivity index (χ0) is 14.4. The number of likely N-dealkylation sites (N-methyl/N-ethyl adjacent to an activating group) is 1. The van der Waals surface area contributed by atoms with Gasteiger partial charge in [-0.3, -0.25) is 4.98 Å². The normalized spacial score (nSPS) is 12.3. The summed E-state index contributed by atoms with van der Waals surface area (Å²) in [7, 11) is 0. The molecule has 0 aliphatic carbocycles. The molecule has 1 aromatic carbocycles. The van der Waals surface area contributed by atoms with Crippen LogP contribution in [0.15, 0.2) is 42.6 Å². The third-order valence-electron chi connectivity index (χ3n) is 3.14. The first kappa shape index (κ1) is 15.3. The summed E-state index contributed by atoms with van der Waals surface area (Å²) < 4.78 is 0. The van der Waals surface area contributed by atoms with Crippen molar-refractivity contribution in [2.45, 2.75) is 25.8 Å². The number of pyridine rings is 1. The quantitative estimate of drug-likeness (QED) is 0.867. The molecule has 1 atom stereocenters. The van der Waals surface area contributed by atoms with Gasteiger partial charge in [-0.2, -0.15) is 0 Å². The lowest BCUT2D eigenvalue weighted by Crippen LogP contribution is -2.33. The molecule has 0 saturated heterocycles. The Morgan fingerprint density at radius 3 is 2.60 bits per heavy atom. The molecule has 0 aliphatic rings. The highest BCUT2D eigenvalue weighted by Gasteiger charge is 2.11. The topological polar surface area (TPSA) is 24.9 Å². The van der Waals surface area contributed by atoms with Crippen molar-refractivity contribution in [2.24, 2.45) is 0 Å². The van der Waals surface area contributed by atoms with E-state index >= 15 is 0 Å². The van der Waals surface area contributed by atoms with Gasteiger partial charge in [0.2, 0.25) is 0 Å². The van der Waals surface area contributed by atoms with Crippen LogP contribution in [0.4, 0.5) is 0 Å². The Kier molecular flexibility index (Phi) is 5.84. The molecule has 1 heterocycles. The second-order valence-electron chi connectivity index (χ2n) is 4.73. The summed E-state index contributed by atoms with van der Waals surface area (Å²) in [6.45, 7) is 3.04. The van der Waals surface area contributed by atoms with Crippen molar-refractivity contribution >= 4 is 23.2 Å². The van der Waals surface area contributed by atoms with Crippen LogP contribution in [0.5, 0.6) is 0 Å². The minimum Gasteiger partial charge on any atom is -0.314 e. The van der Waals surface area contributed by atoms with E-state index in [1.54, 1.807) is 0 Å². The smallest absolute Gasteiger partial charge is 0.0595 e. The maximum absolute atomic E-state index is 6.07. The highest BCUT2D eigenvalue weighted by Crippen LogP contribution is 2.23. The third-order valence-corrected chi connectivity index (χ3v) is 3.88. The van der Waals surface area contributed by atoms with Crippen LogP contribution < -0.4 is 5.32 Å². The van der Waals surface area contributed by atoms with E-state index in [1.165, 1.54) is 5.56 Å². The second kappa shape index (κ2) is 7.63. The van der Waals surface area contributed by atoms with Crippen molar-refractivity contribution < 1.29 is 0 Å². The Balaban J connectivity index is 2.06. The molecule has 1 unspecified atom stereocenters. The molecule has 0 radical (unpaired) electrons. The lowest BCUT2D eigenvalue weighted by Gasteiger charge is -2.18. The fourth-order valence-electron chi connectivity index (χ4n) is 2.23. The second-order valence-corrected chi connectivity index (χ2v) is 5.55. The predicted molar refractivity (Wildman–Crippen MR) is 85.6 cm³/mol. The molecule has 2 aromatic rings. The Bertz CT molecular complexity index is 543. The van der Waals surface area contributed by atoms with Gasteiger partial charge in [-0.05, 0) is 42.8 Å². The average molecular weight is 309 g/mol. The number of nitrogens with one attached hydrogen (secondary N) is 1. The van der Waals surface area contributed by atoms with Gasteiger partial charge in [-0.15, -0.1) is 0 Å². The highest BCUT2D eigenvalue weighted by atomic mass is 35.5. The van der Waals surface area contributed by atoms with Crippen LogP contribution in [0.1, 0.15) is 18.2 Å². The molecule has 20 heavy (non-hydrogen) atoms. The summed E-state index contributed by atoms with van der Waals surface area (Å²) in [4.78, 5) is 4.39. The molecule has 0 amide bonds. The highest BCUT2D eigenvalue weighted by molar-refractivity contribution is 6.42. The molecule has 0 bridgehead atoms. The Hall–Kier alpha value is -1.09. The van der Waals surface area contributed by atoms with Crippen LogP contribution in [0.25, 0.3) is 0 Å². The first-order valence-electron chi connectivity index (χ1n) is 6.76. The molecule has 1 aromatic heterocycles. The molecule has 0 spiro atoms. The standard InChI is InChI=1S/C16H18Cl2N2/c1-2-19-14(11-13-5-3-4-8-20-13)9-12-6-7-15(17)16(18)10-12/h3-8,10,14,19H,2,9,11H2,1H3. The number of hydrogen-bond donors (Lipinski definition) is 1. The van der Waals surface area contributed by atoms with Crippen LogP contribution in [-0.2, 0) is 12.8 Å². The van der Waals surface area contributed by atoms with Gasteiger partial charge < -0.3 is 5.32 Å². The van der Waals surface area contributed by atoms with Gasteiger partial charge in [-0.25, -0.2) is 0 Å². The van der Waals surface area contributed by atoms with E-state index in [2.05, 4.69) is 23.3 Å². The molecule has 0 fully saturated rings. The summed E-state index contributed by atoms with van der Waals surface area (Å²) in [5.41, 5.74) is 2.28. The van der Waals surface area contributed by atoms with Crippen LogP contribution in [0.3, 0.4) is 0 Å². The number of benzene rings is 1. The van der Waals surface area contributed by atoms with Crippen molar-refractivity contribution in [3.8, 4) is 0 Å². The molecule has 0 saturated carbocycles. The molecule has 2 rings (SSSR count). The van der Waals surface area contributed by atoms with E-state index in [0.717, 1.165) is 25.1 Å². The molecule has 106 valence electrons. The fraction of sp³-hybridized carbons (Fsp3) is 0.312. The SMILES string of the molecule is CCNC(Cc1ccc(Cl)c(Cl)c1)Cc1ccccn1. The summed E-state index contributed by atoms with van der Waals surface area (Å²) in [5, 5.41) is 4.70. The van der Waals surface area contributed by atoms with Gasteiger partial charge in [0.15, 0.2) is 0 Å². The van der Waals surface area contributed by atoms with Crippen LogP contribution >= 0.6 is 23.2 Å². The Morgan fingerprint density at radius 2 is 1.95 bits per heavy atom. The van der Waals surface area contributed by atoms with E-state index in [9.17, 15) is 0 Å². The number of rotatable bonds is 6. The summed E-state index contributed by atoms with van der Waals surface area (Å²) in [6, 6.07) is 12.2. The van der Waals surface area contributed by atoms with Gasteiger partial charge in [0.1, 0.15) is 0 Å². The zero-order valence-corrected chi connectivity index (χ0v) is 13.0.